The molecule has 14 bridgehead atoms. The molecule has 4 aromatic carbocycles. The summed E-state index contributed by atoms with van der Waals surface area (Å²) in [7, 11) is 2.06. The number of carbonyl (C=O) groups excluding carboxylic acids is 2. The van der Waals surface area contributed by atoms with Crippen molar-refractivity contribution in [1.82, 2.24) is 26.6 Å². The maximum Gasteiger partial charge on any atom is 0.340 e. The third-order valence-electron chi connectivity index (χ3n) is 20.3. The van der Waals surface area contributed by atoms with Gasteiger partial charge >= 0.3 is 11.9 Å². The molecule has 0 aromatic heterocycles. The van der Waals surface area contributed by atoms with Gasteiger partial charge < -0.3 is 46.3 Å². The van der Waals surface area contributed by atoms with Crippen LogP contribution in [0.5, 0.6) is 5.75 Å². The molecule has 0 radical (unpaired) electrons. The smallest absolute Gasteiger partial charge is 0.340 e. The summed E-state index contributed by atoms with van der Waals surface area (Å²) >= 11 is 0. The number of aliphatic hydroxyl groups is 1. The van der Waals surface area contributed by atoms with Crippen LogP contribution in [0.3, 0.4) is 0 Å². The third-order valence-corrected chi connectivity index (χ3v) is 20.3. The summed E-state index contributed by atoms with van der Waals surface area (Å²) in [5.41, 5.74) is 11.6. The van der Waals surface area contributed by atoms with Gasteiger partial charge in [0.25, 0.3) is 0 Å². The minimum absolute atomic E-state index is 0.0419. The van der Waals surface area contributed by atoms with Crippen LogP contribution in [0.25, 0.3) is 16.7 Å². The lowest BCUT2D eigenvalue weighted by Crippen LogP contribution is -2.52. The number of hydrogen-bond donors (Lipinski definition) is 7. The van der Waals surface area contributed by atoms with Gasteiger partial charge in [-0.3, -0.25) is 0 Å². The van der Waals surface area contributed by atoms with Crippen molar-refractivity contribution in [1.29, 1.82) is 0 Å². The lowest BCUT2D eigenvalue weighted by atomic mass is 9.44. The van der Waals surface area contributed by atoms with Crippen LogP contribution in [0.4, 0.5) is 0 Å². The van der Waals surface area contributed by atoms with E-state index < -0.39 is 11.5 Å². The van der Waals surface area contributed by atoms with Gasteiger partial charge in [0.05, 0.1) is 23.3 Å². The number of carbonyl (C=O) groups is 2. The van der Waals surface area contributed by atoms with Gasteiger partial charge in [0, 0.05) is 42.7 Å². The summed E-state index contributed by atoms with van der Waals surface area (Å²) in [5, 5.41) is 41.1. The fourth-order valence-corrected chi connectivity index (χ4v) is 16.7. The summed E-state index contributed by atoms with van der Waals surface area (Å²) in [5.74, 6) is 1.50. The molecule has 11 atom stereocenters. The summed E-state index contributed by atoms with van der Waals surface area (Å²) in [6.07, 6.45) is 17.0. The predicted octanol–water partition coefficient (Wildman–Crippen LogP) is 11.3. The molecule has 5 aliphatic carbocycles. The Morgan fingerprint density at radius 3 is 2.55 bits per heavy atom. The topological polar surface area (TPSA) is 153 Å². The van der Waals surface area contributed by atoms with Gasteiger partial charge in [0.2, 0.25) is 0 Å². The van der Waals surface area contributed by atoms with E-state index in [2.05, 4.69) is 126 Å². The minimum Gasteiger partial charge on any atom is -0.508 e. The molecular weight excluding hydrogens is 995 g/mol. The fraction of sp³-hybridized carbons (Fsp3) is 0.507. The van der Waals surface area contributed by atoms with E-state index in [0.717, 1.165) is 148 Å². The Morgan fingerprint density at radius 1 is 0.850 bits per heavy atom. The quantitative estimate of drug-likeness (QED) is 0.0506. The minimum atomic E-state index is -0.889. The van der Waals surface area contributed by atoms with E-state index in [4.69, 9.17) is 9.47 Å². The van der Waals surface area contributed by atoms with Crippen molar-refractivity contribution in [2.75, 3.05) is 33.2 Å². The second kappa shape index (κ2) is 23.3. The van der Waals surface area contributed by atoms with Crippen LogP contribution in [-0.4, -0.2) is 67.6 Å². The van der Waals surface area contributed by atoms with Crippen LogP contribution >= 0.6 is 0 Å². The van der Waals surface area contributed by atoms with Crippen LogP contribution in [0.2, 0.25) is 0 Å². The first-order valence-corrected chi connectivity index (χ1v) is 30.7. The molecule has 2 saturated heterocycles. The number of benzene rings is 4. The Hall–Kier alpha value is -5.66. The van der Waals surface area contributed by atoms with E-state index in [1.807, 2.05) is 25.1 Å². The Kier molecular flexibility index (Phi) is 16.0. The molecule has 0 amide bonds. The monoisotopic (exact) mass is 1080 g/mol. The van der Waals surface area contributed by atoms with Gasteiger partial charge in [-0.1, -0.05) is 86.6 Å². The van der Waals surface area contributed by atoms with Gasteiger partial charge in [-0.25, -0.2) is 9.59 Å². The highest BCUT2D eigenvalue weighted by atomic mass is 16.6. The molecule has 2 saturated carbocycles. The molecule has 5 heterocycles. The number of phenols is 1. The SMILES string of the molecule is CCCNCc1cc2cc(c1)[C@@H](NC[C@H](C)O)[C@H]1CC[C@@]([C@@H]3CCN[C@@H](NC)C3)(C/C=C3\OC(=O)C4=C3CC[C@H]3[C@H]5CC[C@]6(C(=C5c5cc(O)ccc5-c5cccc(c5)CNCC2)C(=O)O/C6=C\[C@H](CC)Cc2ccccc2)[C@@H]43)C1. The molecule has 4 aromatic rings. The van der Waals surface area contributed by atoms with Crippen LogP contribution in [-0.2, 0) is 45.0 Å². The first kappa shape index (κ1) is 54.9. The molecule has 10 aliphatic rings. The summed E-state index contributed by atoms with van der Waals surface area (Å²) in [4.78, 5) is 30.5. The molecule has 422 valence electrons. The van der Waals surface area contributed by atoms with Crippen molar-refractivity contribution in [3.05, 3.63) is 165 Å². The Morgan fingerprint density at radius 2 is 1.73 bits per heavy atom. The first-order valence-electron chi connectivity index (χ1n) is 30.7. The number of fused-ring (bicyclic) bond motifs is 5. The first-order chi connectivity index (χ1) is 39.0. The van der Waals surface area contributed by atoms with E-state index in [9.17, 15) is 10.2 Å². The van der Waals surface area contributed by atoms with E-state index >= 15 is 9.59 Å². The highest BCUT2D eigenvalue weighted by molar-refractivity contribution is 6.07. The third kappa shape index (κ3) is 10.4. The maximum atomic E-state index is 15.3. The van der Waals surface area contributed by atoms with E-state index in [1.165, 1.54) is 22.3 Å². The zero-order valence-electron chi connectivity index (χ0n) is 47.7. The van der Waals surface area contributed by atoms with Crippen molar-refractivity contribution in [3.8, 4) is 16.9 Å². The van der Waals surface area contributed by atoms with Crippen molar-refractivity contribution in [3.63, 3.8) is 0 Å². The summed E-state index contributed by atoms with van der Waals surface area (Å²) in [6, 6.07) is 32.2. The van der Waals surface area contributed by atoms with Crippen molar-refractivity contribution < 1.29 is 29.3 Å². The van der Waals surface area contributed by atoms with Crippen LogP contribution in [0.15, 0.2) is 131 Å². The molecule has 14 rings (SSSR count). The fourth-order valence-electron chi connectivity index (χ4n) is 16.7. The summed E-state index contributed by atoms with van der Waals surface area (Å²) in [6.45, 7) is 11.0. The molecular formula is C69H85N5O6. The summed E-state index contributed by atoms with van der Waals surface area (Å²) < 4.78 is 13.4. The van der Waals surface area contributed by atoms with Crippen molar-refractivity contribution in [2.45, 2.75) is 142 Å². The van der Waals surface area contributed by atoms with E-state index in [-0.39, 0.29) is 59.0 Å². The number of nitrogens with one attached hydrogen (secondary N) is 5. The van der Waals surface area contributed by atoms with Crippen LogP contribution < -0.4 is 26.6 Å². The van der Waals surface area contributed by atoms with Gasteiger partial charge in [0.1, 0.15) is 17.3 Å². The number of aliphatic hydroxyl groups excluding tert-OH is 1. The lowest BCUT2D eigenvalue weighted by Gasteiger charge is -2.56. The number of hydrogen-bond acceptors (Lipinski definition) is 11. The number of piperidine rings is 1. The van der Waals surface area contributed by atoms with Crippen LogP contribution in [0, 0.1) is 46.3 Å². The van der Waals surface area contributed by atoms with E-state index in [0.29, 0.717) is 49.1 Å². The molecule has 80 heavy (non-hydrogen) atoms. The number of esters is 2. The average Bonchev–Trinajstić information content (AvgIpc) is 4.30. The highest BCUT2D eigenvalue weighted by Crippen LogP contribution is 2.72. The normalized spacial score (nSPS) is 31.0. The lowest BCUT2D eigenvalue weighted by molar-refractivity contribution is -0.135. The maximum absolute atomic E-state index is 15.3. The number of cyclic esters (lactones) is 1. The van der Waals surface area contributed by atoms with Gasteiger partial charge in [-0.15, -0.1) is 0 Å². The Balaban J connectivity index is 1.02. The number of rotatable bonds is 13. The highest BCUT2D eigenvalue weighted by Gasteiger charge is 2.68. The second-order valence-electron chi connectivity index (χ2n) is 25.2. The van der Waals surface area contributed by atoms with Crippen LogP contribution in [0.1, 0.15) is 137 Å². The van der Waals surface area contributed by atoms with Crippen molar-refractivity contribution in [2.24, 2.45) is 46.3 Å². The number of allylic oxidation sites excluding steroid dienone is 5. The molecule has 11 nitrogen and oxygen atoms in total. The Bertz CT molecular complexity index is 3110. The second-order valence-corrected chi connectivity index (χ2v) is 25.2. The standard InChI is InChI=1S/C69H85N5O6/c1-5-27-71-41-47-31-45-22-28-72-40-46-13-10-14-48(33-46)53-16-15-52(76)37-57(53)61-54-20-26-69(59(80-67(78)64(61)69)35-43(6-2)30-44-11-8-7-9-12-44)63-55(54)17-18-56-58(79-66(77)62(56)63)21-25-68(51-23-29-73-60(36-51)70-4)24-19-49(38-68)65(50(32-45)34-47)74-39-42(3)75/h7-16,21,31-35,37,42-43,49,51,54-55,60,63,65,70-76H,5-6,17-20,22-30,36,38-41H2,1-4H3/b58-21-,59-35-/t42-,43+,49-,51+,54+,55-,60+,63+,65-,68+,69+/m0/s1. The van der Waals surface area contributed by atoms with Gasteiger partial charge in [-0.2, -0.15) is 0 Å². The number of aromatic hydroxyl groups is 1. The predicted molar refractivity (Wildman–Crippen MR) is 315 cm³/mol. The van der Waals surface area contributed by atoms with E-state index in [1.54, 1.807) is 6.07 Å². The molecule has 1 spiro atoms. The molecule has 0 unspecified atom stereocenters. The van der Waals surface area contributed by atoms with Gasteiger partial charge in [-0.05, 0) is 239 Å². The Labute approximate surface area is 474 Å². The van der Waals surface area contributed by atoms with Gasteiger partial charge in [0.15, 0.2) is 0 Å². The number of ether oxygens (including phenoxy) is 2. The largest absolute Gasteiger partial charge is 0.508 e. The average molecular weight is 1080 g/mol. The molecule has 7 N–H and O–H groups in total. The van der Waals surface area contributed by atoms with Crippen molar-refractivity contribution >= 4 is 17.5 Å². The molecule has 11 heteroatoms. The zero-order valence-corrected chi connectivity index (χ0v) is 47.7. The zero-order chi connectivity index (χ0) is 55.1. The molecule has 5 aliphatic heterocycles. The number of phenolic OH excluding ortho intramolecular Hbond substituents is 1. The molecule has 4 fully saturated rings.